The summed E-state index contributed by atoms with van der Waals surface area (Å²) in [6, 6.07) is -0.644. The molecule has 1 aliphatic heterocycles. The van der Waals surface area contributed by atoms with Crippen molar-refractivity contribution in [2.45, 2.75) is 13.0 Å². The van der Waals surface area contributed by atoms with Crippen molar-refractivity contribution < 1.29 is 9.53 Å². The Bertz CT molecular complexity index is 515. The lowest BCUT2D eigenvalue weighted by atomic mass is 10.3. The van der Waals surface area contributed by atoms with Crippen LogP contribution in [0.15, 0.2) is 11.3 Å². The third-order valence-corrected chi connectivity index (χ3v) is 2.23. The van der Waals surface area contributed by atoms with Gasteiger partial charge < -0.3 is 4.74 Å². The van der Waals surface area contributed by atoms with Crippen LogP contribution in [0.5, 0.6) is 0 Å². The number of rotatable bonds is 2. The number of nitrogens with zero attached hydrogens (tertiary/aromatic N) is 3. The molecule has 1 aliphatic rings. The van der Waals surface area contributed by atoms with Crippen molar-refractivity contribution in [1.82, 2.24) is 9.97 Å². The average Bonchev–Trinajstić information content (AvgIpc) is 2.63. The predicted octanol–water partition coefficient (Wildman–Crippen LogP) is -0.525. The van der Waals surface area contributed by atoms with E-state index in [-0.39, 0.29) is 0 Å². The lowest BCUT2D eigenvalue weighted by molar-refractivity contribution is -0.142. The Morgan fingerprint density at radius 3 is 3.07 bits per heavy atom. The third-order valence-electron chi connectivity index (χ3n) is 1.93. The van der Waals surface area contributed by atoms with Gasteiger partial charge in [0.05, 0.1) is 11.8 Å². The molecule has 2 heterocycles. The maximum Gasteiger partial charge on any atom is 0.334 e. The molecule has 0 saturated carbocycles. The smallest absolute Gasteiger partial charge is 0.334 e. The van der Waals surface area contributed by atoms with E-state index in [1.54, 1.807) is 13.0 Å². The van der Waals surface area contributed by atoms with Gasteiger partial charge in [-0.25, -0.2) is 19.8 Å². The van der Waals surface area contributed by atoms with E-state index in [1.165, 1.54) is 6.33 Å². The van der Waals surface area contributed by atoms with Crippen LogP contribution in [0.4, 0.5) is 0 Å². The van der Waals surface area contributed by atoms with Crippen LogP contribution >= 0.6 is 11.6 Å². The number of hydrogen-bond donors (Lipinski definition) is 0. The molecule has 0 N–H and O–H groups in total. The van der Waals surface area contributed by atoms with Crippen molar-refractivity contribution in [2.24, 2.45) is 4.99 Å². The van der Waals surface area contributed by atoms with Gasteiger partial charge in [0.25, 0.3) is 0 Å². The maximum absolute atomic E-state index is 11.4. The van der Waals surface area contributed by atoms with E-state index < -0.39 is 12.0 Å². The summed E-state index contributed by atoms with van der Waals surface area (Å²) in [5.41, 5.74) is 0.438. The normalized spacial score (nSPS) is 17.6. The molecule has 2 rings (SSSR count). The molecule has 78 valence electrons. The van der Waals surface area contributed by atoms with E-state index in [9.17, 15) is 4.79 Å². The molecule has 5 nitrogen and oxygen atoms in total. The van der Waals surface area contributed by atoms with Gasteiger partial charge in [0.2, 0.25) is 0 Å². The molecule has 0 spiro atoms. The molecular weight excluding hydrogens is 218 g/mol. The minimum atomic E-state index is -0.644. The van der Waals surface area contributed by atoms with Gasteiger partial charge in [-0.05, 0) is 13.0 Å². The van der Waals surface area contributed by atoms with Crippen LogP contribution in [-0.4, -0.2) is 28.6 Å². The van der Waals surface area contributed by atoms with Gasteiger partial charge in [0.1, 0.15) is 11.5 Å². The first-order valence-electron chi connectivity index (χ1n) is 4.45. The highest BCUT2D eigenvalue weighted by atomic mass is 35.5. The van der Waals surface area contributed by atoms with Crippen molar-refractivity contribution in [3.05, 3.63) is 22.2 Å². The van der Waals surface area contributed by atoms with E-state index in [4.69, 9.17) is 16.3 Å². The Kier molecular flexibility index (Phi) is 2.64. The van der Waals surface area contributed by atoms with Gasteiger partial charge in [-0.15, -0.1) is 0 Å². The molecule has 6 heteroatoms. The van der Waals surface area contributed by atoms with Crippen molar-refractivity contribution in [3.8, 4) is 0 Å². The highest BCUT2D eigenvalue weighted by Crippen LogP contribution is 2.01. The second-order valence-corrected chi connectivity index (χ2v) is 3.25. The van der Waals surface area contributed by atoms with Crippen LogP contribution in [0.1, 0.15) is 6.92 Å². The molecule has 0 aliphatic carbocycles. The molecule has 0 bridgehead atoms. The summed E-state index contributed by atoms with van der Waals surface area (Å²) in [7, 11) is 0. The largest absolute Gasteiger partial charge is 0.464 e. The van der Waals surface area contributed by atoms with E-state index in [1.807, 2.05) is 0 Å². The Hall–Kier alpha value is -1.49. The Morgan fingerprint density at radius 2 is 2.40 bits per heavy atom. The second-order valence-electron chi connectivity index (χ2n) is 2.89. The van der Waals surface area contributed by atoms with Gasteiger partial charge in [0, 0.05) is 0 Å². The van der Waals surface area contributed by atoms with E-state index in [2.05, 4.69) is 15.0 Å². The number of carbonyl (C=O) groups excluding carboxylic acids is 1. The minimum absolute atomic E-state index is 0.301. The Labute approximate surface area is 90.5 Å². The number of fused-ring (bicyclic) bond motifs is 1. The topological polar surface area (TPSA) is 64.4 Å². The highest BCUT2D eigenvalue weighted by molar-refractivity contribution is 6.29. The molecule has 1 aromatic rings. The maximum atomic E-state index is 11.4. The number of carbonyl (C=O) groups is 1. The monoisotopic (exact) mass is 225 g/mol. The SMILES string of the molecule is CCOC(=O)[C@@H]1C=c2c(Cl)ncnc2=N1. The lowest BCUT2D eigenvalue weighted by Gasteiger charge is -2.02. The molecule has 0 fully saturated rings. The Balaban J connectivity index is 2.39. The van der Waals surface area contributed by atoms with Gasteiger partial charge in [0.15, 0.2) is 11.5 Å². The molecule has 15 heavy (non-hydrogen) atoms. The molecule has 0 unspecified atom stereocenters. The Morgan fingerprint density at radius 1 is 1.60 bits per heavy atom. The first-order chi connectivity index (χ1) is 7.22. The summed E-state index contributed by atoms with van der Waals surface area (Å²) in [6.07, 6.45) is 2.92. The predicted molar refractivity (Wildman–Crippen MR) is 52.7 cm³/mol. The molecule has 0 amide bonds. The highest BCUT2D eigenvalue weighted by Gasteiger charge is 2.20. The number of halogens is 1. The van der Waals surface area contributed by atoms with E-state index >= 15 is 0 Å². The number of aromatic nitrogens is 2. The number of ether oxygens (including phenoxy) is 1. The van der Waals surface area contributed by atoms with E-state index in [0.717, 1.165) is 0 Å². The molecule has 0 saturated heterocycles. The van der Waals surface area contributed by atoms with Crippen LogP contribution in [0.2, 0.25) is 5.15 Å². The molecule has 1 aromatic heterocycles. The van der Waals surface area contributed by atoms with Crippen molar-refractivity contribution in [2.75, 3.05) is 6.61 Å². The fraction of sp³-hybridized carbons (Fsp3) is 0.333. The summed E-state index contributed by atoms with van der Waals surface area (Å²) in [5.74, 6) is -0.397. The average molecular weight is 226 g/mol. The molecule has 1 atom stereocenters. The summed E-state index contributed by atoms with van der Waals surface area (Å²) >= 11 is 5.82. The van der Waals surface area contributed by atoms with Crippen LogP contribution in [0.25, 0.3) is 6.08 Å². The fourth-order valence-corrected chi connectivity index (χ4v) is 1.48. The van der Waals surface area contributed by atoms with Crippen LogP contribution in [-0.2, 0) is 9.53 Å². The van der Waals surface area contributed by atoms with Crippen LogP contribution in [0, 0.1) is 0 Å². The lowest BCUT2D eigenvalue weighted by Crippen LogP contribution is -2.26. The zero-order chi connectivity index (χ0) is 10.8. The van der Waals surface area contributed by atoms with Crippen molar-refractivity contribution >= 4 is 23.6 Å². The summed E-state index contributed by atoms with van der Waals surface area (Å²) < 4.78 is 4.84. The summed E-state index contributed by atoms with van der Waals surface area (Å²) in [6.45, 7) is 2.07. The first-order valence-corrected chi connectivity index (χ1v) is 4.83. The van der Waals surface area contributed by atoms with Crippen LogP contribution in [0.3, 0.4) is 0 Å². The molecular formula is C9H8ClN3O2. The summed E-state index contributed by atoms with van der Waals surface area (Å²) in [5, 5.41) is 0.896. The quantitative estimate of drug-likeness (QED) is 0.502. The standard InChI is InChI=1S/C9H8ClN3O2/c1-2-15-9(14)6-3-5-7(10)11-4-12-8(5)13-6/h3-4,6H,2H2,1H3/t6-/m0/s1. The molecule has 0 radical (unpaired) electrons. The van der Waals surface area contributed by atoms with E-state index in [0.29, 0.717) is 22.5 Å². The van der Waals surface area contributed by atoms with Gasteiger partial charge in [-0.2, -0.15) is 0 Å². The van der Waals surface area contributed by atoms with Crippen molar-refractivity contribution in [3.63, 3.8) is 0 Å². The van der Waals surface area contributed by atoms with Gasteiger partial charge in [-0.1, -0.05) is 11.6 Å². The minimum Gasteiger partial charge on any atom is -0.464 e. The molecule has 0 aromatic carbocycles. The fourth-order valence-electron chi connectivity index (χ4n) is 1.29. The third kappa shape index (κ3) is 1.83. The van der Waals surface area contributed by atoms with Crippen LogP contribution < -0.4 is 10.7 Å². The second kappa shape index (κ2) is 3.94. The van der Waals surface area contributed by atoms with Crippen molar-refractivity contribution in [1.29, 1.82) is 0 Å². The zero-order valence-corrected chi connectivity index (χ0v) is 8.73. The van der Waals surface area contributed by atoms with Gasteiger partial charge >= 0.3 is 5.97 Å². The number of hydrogen-bond acceptors (Lipinski definition) is 5. The first kappa shape index (κ1) is 10.0. The zero-order valence-electron chi connectivity index (χ0n) is 7.98. The summed E-state index contributed by atoms with van der Waals surface area (Å²) in [4.78, 5) is 23.2. The number of esters is 1. The van der Waals surface area contributed by atoms with Gasteiger partial charge in [-0.3, -0.25) is 0 Å².